The first-order chi connectivity index (χ1) is 13.2. The minimum absolute atomic E-state index is 0.143. The summed E-state index contributed by atoms with van der Waals surface area (Å²) in [4.78, 5) is 16.4. The number of rotatable bonds is 6. The molecule has 0 bridgehead atoms. The topological polar surface area (TPSA) is 87.0 Å². The summed E-state index contributed by atoms with van der Waals surface area (Å²) < 4.78 is 5.10. The van der Waals surface area contributed by atoms with E-state index in [4.69, 9.17) is 10.00 Å². The highest BCUT2D eigenvalue weighted by Crippen LogP contribution is 2.18. The molecular formula is C21H18N4O2. The number of benzene rings is 2. The van der Waals surface area contributed by atoms with Gasteiger partial charge in [-0.05, 0) is 48.0 Å². The number of carbonyl (C=O) groups is 1. The Morgan fingerprint density at radius 2 is 1.93 bits per heavy atom. The van der Waals surface area contributed by atoms with Crippen molar-refractivity contribution in [2.24, 2.45) is 0 Å². The van der Waals surface area contributed by atoms with Crippen molar-refractivity contribution in [2.45, 2.75) is 6.42 Å². The fraction of sp³-hybridized carbons (Fsp3) is 0.0952. The lowest BCUT2D eigenvalue weighted by Crippen LogP contribution is -2.15. The van der Waals surface area contributed by atoms with Crippen LogP contribution in [0.1, 0.15) is 11.1 Å². The second kappa shape index (κ2) is 8.50. The molecule has 6 heteroatoms. The molecule has 1 amide bonds. The molecule has 2 aromatic carbocycles. The van der Waals surface area contributed by atoms with Crippen LogP contribution in [-0.2, 0) is 11.2 Å². The Bertz CT molecular complexity index is 961. The third-order valence-electron chi connectivity index (χ3n) is 3.84. The average molecular weight is 358 g/mol. The quantitative estimate of drug-likeness (QED) is 0.698. The molecule has 0 aliphatic rings. The highest BCUT2D eigenvalue weighted by atomic mass is 16.5. The van der Waals surface area contributed by atoms with Gasteiger partial charge in [0.25, 0.3) is 0 Å². The molecule has 6 nitrogen and oxygen atoms in total. The number of amides is 1. The van der Waals surface area contributed by atoms with Gasteiger partial charge in [0.05, 0.1) is 37.0 Å². The minimum Gasteiger partial charge on any atom is -0.497 e. The van der Waals surface area contributed by atoms with E-state index in [0.29, 0.717) is 11.4 Å². The van der Waals surface area contributed by atoms with E-state index in [1.165, 1.54) is 0 Å². The Morgan fingerprint density at radius 1 is 1.11 bits per heavy atom. The smallest absolute Gasteiger partial charge is 0.229 e. The van der Waals surface area contributed by atoms with Crippen LogP contribution in [0.15, 0.2) is 66.9 Å². The fourth-order valence-electron chi connectivity index (χ4n) is 2.49. The monoisotopic (exact) mass is 358 g/mol. The third-order valence-corrected chi connectivity index (χ3v) is 3.84. The van der Waals surface area contributed by atoms with Gasteiger partial charge in [0.15, 0.2) is 0 Å². The number of nitrogens with one attached hydrogen (secondary N) is 2. The van der Waals surface area contributed by atoms with Gasteiger partial charge in [0, 0.05) is 5.69 Å². The molecule has 1 aromatic heterocycles. The highest BCUT2D eigenvalue weighted by molar-refractivity contribution is 5.91. The van der Waals surface area contributed by atoms with Crippen LogP contribution in [0.25, 0.3) is 0 Å². The van der Waals surface area contributed by atoms with Gasteiger partial charge in [0.2, 0.25) is 5.91 Å². The summed E-state index contributed by atoms with van der Waals surface area (Å²) in [6.45, 7) is 0. The van der Waals surface area contributed by atoms with Crippen molar-refractivity contribution in [3.8, 4) is 11.8 Å². The van der Waals surface area contributed by atoms with Crippen molar-refractivity contribution in [3.63, 3.8) is 0 Å². The van der Waals surface area contributed by atoms with E-state index in [9.17, 15) is 4.79 Å². The number of methoxy groups -OCH3 is 1. The predicted molar refractivity (Wildman–Crippen MR) is 104 cm³/mol. The Kier molecular flexibility index (Phi) is 5.65. The van der Waals surface area contributed by atoms with E-state index < -0.39 is 0 Å². The number of anilines is 3. The van der Waals surface area contributed by atoms with Gasteiger partial charge in [-0.15, -0.1) is 0 Å². The Morgan fingerprint density at radius 3 is 2.59 bits per heavy atom. The molecule has 0 saturated carbocycles. The standard InChI is InChI=1S/C21H18N4O2/c1-27-19-8-5-15(6-9-19)12-21(26)25-20-10-7-18(14-23-20)24-17-4-2-3-16(11-17)13-22/h2-11,14,24H,12H2,1H3,(H,23,25,26). The second-order valence-corrected chi connectivity index (χ2v) is 5.82. The van der Waals surface area contributed by atoms with Gasteiger partial charge in [-0.25, -0.2) is 4.98 Å². The predicted octanol–water partition coefficient (Wildman–Crippen LogP) is 3.89. The normalized spacial score (nSPS) is 9.93. The lowest BCUT2D eigenvalue weighted by Gasteiger charge is -2.08. The lowest BCUT2D eigenvalue weighted by atomic mass is 10.1. The number of carbonyl (C=O) groups excluding carboxylic acids is 1. The molecule has 0 unspecified atom stereocenters. The van der Waals surface area contributed by atoms with Crippen LogP contribution in [0.4, 0.5) is 17.2 Å². The molecule has 0 aliphatic heterocycles. The van der Waals surface area contributed by atoms with Crippen LogP contribution >= 0.6 is 0 Å². The van der Waals surface area contributed by atoms with Crippen LogP contribution in [0, 0.1) is 11.3 Å². The SMILES string of the molecule is COc1ccc(CC(=O)Nc2ccc(Nc3cccc(C#N)c3)cn2)cc1. The van der Waals surface area contributed by atoms with E-state index >= 15 is 0 Å². The summed E-state index contributed by atoms with van der Waals surface area (Å²) in [7, 11) is 1.60. The van der Waals surface area contributed by atoms with Crippen LogP contribution in [0.5, 0.6) is 5.75 Å². The molecule has 3 aromatic rings. The van der Waals surface area contributed by atoms with Gasteiger partial charge >= 0.3 is 0 Å². The maximum atomic E-state index is 12.2. The molecule has 0 saturated heterocycles. The number of ether oxygens (including phenoxy) is 1. The Hall–Kier alpha value is -3.85. The van der Waals surface area contributed by atoms with Crippen molar-refractivity contribution in [3.05, 3.63) is 78.0 Å². The lowest BCUT2D eigenvalue weighted by molar-refractivity contribution is -0.115. The number of nitrogens with zero attached hydrogens (tertiary/aromatic N) is 2. The molecule has 134 valence electrons. The molecule has 0 aliphatic carbocycles. The van der Waals surface area contributed by atoms with Crippen LogP contribution in [0.3, 0.4) is 0 Å². The molecule has 0 fully saturated rings. The zero-order valence-electron chi connectivity index (χ0n) is 14.8. The summed E-state index contributed by atoms with van der Waals surface area (Å²) >= 11 is 0. The molecule has 2 N–H and O–H groups in total. The van der Waals surface area contributed by atoms with Crippen molar-refractivity contribution in [1.29, 1.82) is 5.26 Å². The number of hydrogen-bond donors (Lipinski definition) is 2. The molecule has 0 atom stereocenters. The highest BCUT2D eigenvalue weighted by Gasteiger charge is 2.06. The van der Waals surface area contributed by atoms with Gasteiger partial charge in [-0.1, -0.05) is 18.2 Å². The zero-order valence-corrected chi connectivity index (χ0v) is 14.8. The van der Waals surface area contributed by atoms with E-state index in [-0.39, 0.29) is 12.3 Å². The maximum absolute atomic E-state index is 12.2. The van der Waals surface area contributed by atoms with E-state index in [1.807, 2.05) is 42.5 Å². The van der Waals surface area contributed by atoms with Crippen molar-refractivity contribution in [2.75, 3.05) is 17.7 Å². The molecule has 1 heterocycles. The Balaban J connectivity index is 1.58. The first kappa shape index (κ1) is 18.0. The number of aromatic nitrogens is 1. The first-order valence-electron chi connectivity index (χ1n) is 8.32. The fourth-order valence-corrected chi connectivity index (χ4v) is 2.49. The number of hydrogen-bond acceptors (Lipinski definition) is 5. The van der Waals surface area contributed by atoms with Gasteiger partial charge in [-0.2, -0.15) is 5.26 Å². The number of nitriles is 1. The number of pyridine rings is 1. The summed E-state index contributed by atoms with van der Waals surface area (Å²) in [5, 5.41) is 14.9. The molecular weight excluding hydrogens is 340 g/mol. The largest absolute Gasteiger partial charge is 0.497 e. The second-order valence-electron chi connectivity index (χ2n) is 5.82. The van der Waals surface area contributed by atoms with Crippen molar-refractivity contribution >= 4 is 23.1 Å². The van der Waals surface area contributed by atoms with Crippen molar-refractivity contribution < 1.29 is 9.53 Å². The van der Waals surface area contributed by atoms with Crippen LogP contribution in [0.2, 0.25) is 0 Å². The molecule has 0 spiro atoms. The third kappa shape index (κ3) is 5.06. The summed E-state index contributed by atoms with van der Waals surface area (Å²) in [5.41, 5.74) is 3.03. The average Bonchev–Trinajstić information content (AvgIpc) is 2.70. The van der Waals surface area contributed by atoms with E-state index in [2.05, 4.69) is 21.7 Å². The zero-order chi connectivity index (χ0) is 19.1. The summed E-state index contributed by atoms with van der Waals surface area (Å²) in [6, 6.07) is 20.2. The summed E-state index contributed by atoms with van der Waals surface area (Å²) in [5.74, 6) is 1.09. The molecule has 0 radical (unpaired) electrons. The maximum Gasteiger partial charge on any atom is 0.229 e. The molecule has 27 heavy (non-hydrogen) atoms. The summed E-state index contributed by atoms with van der Waals surface area (Å²) in [6.07, 6.45) is 1.88. The Labute approximate surface area is 157 Å². The van der Waals surface area contributed by atoms with Crippen LogP contribution in [-0.4, -0.2) is 18.0 Å². The van der Waals surface area contributed by atoms with Crippen LogP contribution < -0.4 is 15.4 Å². The van der Waals surface area contributed by atoms with E-state index in [0.717, 1.165) is 22.7 Å². The molecule has 3 rings (SSSR count). The van der Waals surface area contributed by atoms with Gasteiger partial charge in [0.1, 0.15) is 11.6 Å². The first-order valence-corrected chi connectivity index (χ1v) is 8.32. The van der Waals surface area contributed by atoms with Gasteiger partial charge < -0.3 is 15.4 Å². The van der Waals surface area contributed by atoms with E-state index in [1.54, 1.807) is 31.5 Å². The van der Waals surface area contributed by atoms with Gasteiger partial charge in [-0.3, -0.25) is 4.79 Å². The van der Waals surface area contributed by atoms with Crippen molar-refractivity contribution in [1.82, 2.24) is 4.98 Å². The minimum atomic E-state index is -0.143.